The molecule has 0 aliphatic heterocycles. The minimum absolute atomic E-state index is 0.0496. The Morgan fingerprint density at radius 3 is 3.07 bits per heavy atom. The number of nitrogens with one attached hydrogen (secondary N) is 1. The van der Waals surface area contributed by atoms with Crippen LogP contribution in [-0.2, 0) is 4.79 Å². The lowest BCUT2D eigenvalue weighted by Gasteiger charge is -2.05. The van der Waals surface area contributed by atoms with Crippen LogP contribution in [0.1, 0.15) is 13.3 Å². The monoisotopic (exact) mass is 211 g/mol. The average Bonchev–Trinajstić information content (AvgIpc) is 2.18. The van der Waals surface area contributed by atoms with Crippen LogP contribution in [0.2, 0.25) is 0 Å². The summed E-state index contributed by atoms with van der Waals surface area (Å²) in [5.41, 5.74) is 0. The first-order valence-electron chi connectivity index (χ1n) is 4.63. The topological polar surface area (TPSA) is 84.3 Å². The van der Waals surface area contributed by atoms with E-state index >= 15 is 0 Å². The third-order valence-corrected chi connectivity index (χ3v) is 1.58. The average molecular weight is 211 g/mol. The lowest BCUT2D eigenvalue weighted by Crippen LogP contribution is -2.09. The fourth-order valence-corrected chi connectivity index (χ4v) is 0.960. The van der Waals surface area contributed by atoms with Crippen molar-refractivity contribution in [1.82, 2.24) is 9.97 Å². The first-order chi connectivity index (χ1) is 7.22. The first-order valence-corrected chi connectivity index (χ1v) is 4.63. The summed E-state index contributed by atoms with van der Waals surface area (Å²) in [5.74, 6) is 0.196. The Labute approximate surface area is 87.3 Å². The zero-order valence-electron chi connectivity index (χ0n) is 8.43. The van der Waals surface area contributed by atoms with Crippen LogP contribution >= 0.6 is 0 Å². The maximum atomic E-state index is 10.3. The number of anilines is 1. The molecule has 6 nitrogen and oxygen atoms in total. The highest BCUT2D eigenvalue weighted by atomic mass is 16.5. The van der Waals surface area contributed by atoms with Gasteiger partial charge in [0.05, 0.1) is 13.0 Å². The van der Waals surface area contributed by atoms with E-state index < -0.39 is 5.97 Å². The molecule has 0 amide bonds. The van der Waals surface area contributed by atoms with Crippen LogP contribution in [0.3, 0.4) is 0 Å². The first kappa shape index (κ1) is 11.2. The van der Waals surface area contributed by atoms with Crippen molar-refractivity contribution in [2.45, 2.75) is 13.3 Å². The highest BCUT2D eigenvalue weighted by Crippen LogP contribution is 2.10. The summed E-state index contributed by atoms with van der Waals surface area (Å²) in [6, 6.07) is 1.63. The van der Waals surface area contributed by atoms with E-state index in [1.807, 2.05) is 6.92 Å². The molecule has 0 saturated heterocycles. The normalized spacial score (nSPS) is 9.67. The van der Waals surface area contributed by atoms with Gasteiger partial charge >= 0.3 is 5.97 Å². The molecular formula is C9H13N3O3. The number of hydrogen-bond donors (Lipinski definition) is 2. The van der Waals surface area contributed by atoms with Crippen molar-refractivity contribution in [2.24, 2.45) is 0 Å². The highest BCUT2D eigenvalue weighted by Gasteiger charge is 2.00. The van der Waals surface area contributed by atoms with E-state index in [4.69, 9.17) is 9.84 Å². The number of rotatable bonds is 6. The molecule has 0 aromatic carbocycles. The molecule has 2 N–H and O–H groups in total. The van der Waals surface area contributed by atoms with E-state index in [2.05, 4.69) is 15.3 Å². The van der Waals surface area contributed by atoms with Crippen molar-refractivity contribution in [3.8, 4) is 5.88 Å². The van der Waals surface area contributed by atoms with Gasteiger partial charge in [0.1, 0.15) is 12.1 Å². The maximum absolute atomic E-state index is 10.3. The van der Waals surface area contributed by atoms with Gasteiger partial charge in [-0.1, -0.05) is 0 Å². The Kier molecular flexibility index (Phi) is 4.33. The van der Waals surface area contributed by atoms with Crippen molar-refractivity contribution in [1.29, 1.82) is 0 Å². The molecule has 0 radical (unpaired) electrons. The van der Waals surface area contributed by atoms with Gasteiger partial charge in [0.25, 0.3) is 0 Å². The molecule has 0 unspecified atom stereocenters. The molecule has 0 atom stereocenters. The van der Waals surface area contributed by atoms with Gasteiger partial charge in [-0.15, -0.1) is 0 Å². The molecule has 1 aromatic rings. The van der Waals surface area contributed by atoms with Crippen molar-refractivity contribution in [2.75, 3.05) is 18.5 Å². The predicted molar refractivity (Wildman–Crippen MR) is 53.9 cm³/mol. The third-order valence-electron chi connectivity index (χ3n) is 1.58. The lowest BCUT2D eigenvalue weighted by atomic mass is 10.4. The van der Waals surface area contributed by atoms with Gasteiger partial charge in [-0.05, 0) is 6.92 Å². The van der Waals surface area contributed by atoms with E-state index in [0.29, 0.717) is 24.8 Å². The van der Waals surface area contributed by atoms with Gasteiger partial charge in [-0.3, -0.25) is 4.79 Å². The van der Waals surface area contributed by atoms with Crippen molar-refractivity contribution in [3.63, 3.8) is 0 Å². The van der Waals surface area contributed by atoms with Gasteiger partial charge in [0.2, 0.25) is 5.88 Å². The largest absolute Gasteiger partial charge is 0.481 e. The van der Waals surface area contributed by atoms with Crippen molar-refractivity contribution < 1.29 is 14.6 Å². The molecule has 0 bridgehead atoms. The van der Waals surface area contributed by atoms with Crippen LogP contribution in [0.25, 0.3) is 0 Å². The quantitative estimate of drug-likeness (QED) is 0.722. The van der Waals surface area contributed by atoms with Gasteiger partial charge in [0.15, 0.2) is 0 Å². The molecule has 0 aliphatic carbocycles. The summed E-state index contributed by atoms with van der Waals surface area (Å²) in [7, 11) is 0. The molecule has 0 fully saturated rings. The Balaban J connectivity index is 2.46. The summed E-state index contributed by atoms with van der Waals surface area (Å²) in [4.78, 5) is 18.1. The molecule has 0 aliphatic rings. The fourth-order valence-electron chi connectivity index (χ4n) is 0.960. The number of aromatic nitrogens is 2. The fraction of sp³-hybridized carbons (Fsp3) is 0.444. The van der Waals surface area contributed by atoms with Crippen LogP contribution in [0.5, 0.6) is 5.88 Å². The lowest BCUT2D eigenvalue weighted by molar-refractivity contribution is -0.136. The van der Waals surface area contributed by atoms with E-state index in [-0.39, 0.29) is 6.42 Å². The summed E-state index contributed by atoms with van der Waals surface area (Å²) in [6.45, 7) is 2.73. The number of aliphatic carboxylic acids is 1. The zero-order valence-corrected chi connectivity index (χ0v) is 8.43. The molecule has 1 rings (SSSR count). The number of hydrogen-bond acceptors (Lipinski definition) is 5. The Hall–Kier alpha value is -1.85. The molecule has 1 aromatic heterocycles. The smallest absolute Gasteiger partial charge is 0.305 e. The SMILES string of the molecule is CCOc1cc(NCCC(=O)O)ncn1. The third kappa shape index (κ3) is 4.26. The van der Waals surface area contributed by atoms with Gasteiger partial charge in [-0.25, -0.2) is 9.97 Å². The van der Waals surface area contributed by atoms with Crippen LogP contribution in [0.4, 0.5) is 5.82 Å². The van der Waals surface area contributed by atoms with Gasteiger partial charge in [-0.2, -0.15) is 0 Å². The molecule has 15 heavy (non-hydrogen) atoms. The Bertz CT molecular complexity index is 330. The number of carbonyl (C=O) groups is 1. The van der Waals surface area contributed by atoms with Crippen molar-refractivity contribution >= 4 is 11.8 Å². The standard InChI is InChI=1S/C9H13N3O3/c1-2-15-8-5-7(11-6-12-8)10-4-3-9(13)14/h5-6H,2-4H2,1H3,(H,13,14)(H,10,11,12). The molecule has 82 valence electrons. The van der Waals surface area contributed by atoms with E-state index in [9.17, 15) is 4.79 Å². The van der Waals surface area contributed by atoms with E-state index in [1.165, 1.54) is 6.33 Å². The number of nitrogens with zero attached hydrogens (tertiary/aromatic N) is 2. The van der Waals surface area contributed by atoms with Gasteiger partial charge in [0, 0.05) is 12.6 Å². The van der Waals surface area contributed by atoms with Crippen LogP contribution < -0.4 is 10.1 Å². The van der Waals surface area contributed by atoms with Crippen molar-refractivity contribution in [3.05, 3.63) is 12.4 Å². The Morgan fingerprint density at radius 2 is 2.40 bits per heavy atom. The number of ether oxygens (including phenoxy) is 1. The second kappa shape index (κ2) is 5.79. The number of carboxylic acids is 1. The molecule has 0 saturated carbocycles. The second-order valence-electron chi connectivity index (χ2n) is 2.75. The maximum Gasteiger partial charge on any atom is 0.305 e. The van der Waals surface area contributed by atoms with Crippen LogP contribution in [-0.4, -0.2) is 34.2 Å². The molecular weight excluding hydrogens is 198 g/mol. The molecule has 1 heterocycles. The second-order valence-corrected chi connectivity index (χ2v) is 2.75. The minimum atomic E-state index is -0.846. The molecule has 0 spiro atoms. The van der Waals surface area contributed by atoms with Gasteiger partial charge < -0.3 is 15.2 Å². The number of carboxylic acid groups (broad SMARTS) is 1. The summed E-state index contributed by atoms with van der Waals surface area (Å²) in [6.07, 6.45) is 1.42. The van der Waals surface area contributed by atoms with E-state index in [1.54, 1.807) is 6.07 Å². The van der Waals surface area contributed by atoms with E-state index in [0.717, 1.165) is 0 Å². The minimum Gasteiger partial charge on any atom is -0.481 e. The predicted octanol–water partition coefficient (Wildman–Crippen LogP) is 0.762. The highest BCUT2D eigenvalue weighted by molar-refractivity contribution is 5.67. The summed E-state index contributed by atoms with van der Waals surface area (Å²) < 4.78 is 5.17. The zero-order chi connectivity index (χ0) is 11.1. The summed E-state index contributed by atoms with van der Waals surface area (Å²) in [5, 5.41) is 11.3. The van der Waals surface area contributed by atoms with Crippen LogP contribution in [0, 0.1) is 0 Å². The molecule has 6 heteroatoms. The summed E-state index contributed by atoms with van der Waals surface area (Å²) >= 11 is 0. The van der Waals surface area contributed by atoms with Crippen LogP contribution in [0.15, 0.2) is 12.4 Å². The Morgan fingerprint density at radius 1 is 1.60 bits per heavy atom.